The number of hydrogen-bond acceptors (Lipinski definition) is 0. The molecule has 0 heterocycles. The van der Waals surface area contributed by atoms with E-state index in [1.807, 2.05) is 0 Å². The van der Waals surface area contributed by atoms with Crippen LogP contribution in [0.5, 0.6) is 0 Å². The van der Waals surface area contributed by atoms with Gasteiger partial charge >= 0.3 is 0 Å². The van der Waals surface area contributed by atoms with Crippen molar-refractivity contribution in [1.29, 1.82) is 0 Å². The summed E-state index contributed by atoms with van der Waals surface area (Å²) in [5, 5.41) is 0. The Morgan fingerprint density at radius 1 is 1.15 bits per heavy atom. The number of allylic oxidation sites excluding steroid dienone is 2. The van der Waals surface area contributed by atoms with Crippen LogP contribution in [0.25, 0.3) is 0 Å². The van der Waals surface area contributed by atoms with Gasteiger partial charge in [-0.25, -0.2) is 0 Å². The van der Waals surface area contributed by atoms with Crippen molar-refractivity contribution in [2.75, 3.05) is 0 Å². The van der Waals surface area contributed by atoms with Crippen molar-refractivity contribution in [2.24, 2.45) is 11.3 Å². The van der Waals surface area contributed by atoms with Gasteiger partial charge in [-0.3, -0.25) is 0 Å². The van der Waals surface area contributed by atoms with Crippen molar-refractivity contribution in [3.8, 4) is 0 Å². The molecule has 0 aromatic rings. The summed E-state index contributed by atoms with van der Waals surface area (Å²) < 4.78 is 0. The van der Waals surface area contributed by atoms with Crippen molar-refractivity contribution < 1.29 is 0 Å². The molecule has 76 valence electrons. The lowest BCUT2D eigenvalue weighted by Gasteiger charge is -2.17. The van der Waals surface area contributed by atoms with Gasteiger partial charge in [0.05, 0.1) is 0 Å². The molecule has 13 heavy (non-hydrogen) atoms. The van der Waals surface area contributed by atoms with Gasteiger partial charge < -0.3 is 0 Å². The summed E-state index contributed by atoms with van der Waals surface area (Å²) >= 11 is 0. The van der Waals surface area contributed by atoms with Gasteiger partial charge in [0.15, 0.2) is 0 Å². The zero-order valence-electron chi connectivity index (χ0n) is 10.2. The average Bonchev–Trinajstić information content (AvgIpc) is 2.29. The van der Waals surface area contributed by atoms with Crippen molar-refractivity contribution in [3.05, 3.63) is 11.6 Å². The van der Waals surface area contributed by atoms with Gasteiger partial charge in [0, 0.05) is 8.07 Å². The maximum atomic E-state index is 2.50. The smallest absolute Gasteiger partial charge is 0.0486 e. The third-order valence-electron chi connectivity index (χ3n) is 3.36. The predicted molar refractivity (Wildman–Crippen MR) is 63.8 cm³/mol. The zero-order valence-corrected chi connectivity index (χ0v) is 11.2. The van der Waals surface area contributed by atoms with E-state index >= 15 is 0 Å². The van der Waals surface area contributed by atoms with Crippen molar-refractivity contribution in [3.63, 3.8) is 0 Å². The third kappa shape index (κ3) is 2.07. The Morgan fingerprint density at radius 3 is 1.85 bits per heavy atom. The SMILES string of the molecule is CC(C)=C[C@@H]1[C@H]([Si](C)(C)C)C1(C)C. The highest BCUT2D eigenvalue weighted by Gasteiger charge is 2.61. The Morgan fingerprint density at radius 2 is 1.62 bits per heavy atom. The molecule has 1 aliphatic carbocycles. The Balaban J connectivity index is 2.79. The quantitative estimate of drug-likeness (QED) is 0.456. The molecule has 1 rings (SSSR count). The van der Waals surface area contributed by atoms with E-state index in [4.69, 9.17) is 0 Å². The summed E-state index contributed by atoms with van der Waals surface area (Å²) in [6.45, 7) is 16.8. The fourth-order valence-corrected chi connectivity index (χ4v) is 6.93. The van der Waals surface area contributed by atoms with Crippen molar-refractivity contribution in [1.82, 2.24) is 0 Å². The minimum Gasteiger partial charge on any atom is -0.0822 e. The molecule has 0 bridgehead atoms. The van der Waals surface area contributed by atoms with Crippen LogP contribution >= 0.6 is 0 Å². The maximum Gasteiger partial charge on any atom is 0.0486 e. The first kappa shape index (κ1) is 11.0. The van der Waals surface area contributed by atoms with Crippen LogP contribution in [0.1, 0.15) is 27.7 Å². The fourth-order valence-electron chi connectivity index (χ4n) is 3.00. The van der Waals surface area contributed by atoms with Gasteiger partial charge in [-0.15, -0.1) is 0 Å². The van der Waals surface area contributed by atoms with Gasteiger partial charge in [-0.1, -0.05) is 45.1 Å². The Hall–Kier alpha value is -0.0431. The van der Waals surface area contributed by atoms with Crippen LogP contribution < -0.4 is 0 Å². The minimum absolute atomic E-state index is 0.585. The standard InChI is InChI=1S/C12H24Si/c1-9(2)8-10-11(12(10,3)4)13(5,6)7/h8,10-11H,1-7H3/t10-,11+/m1/s1. The Kier molecular flexibility index (Phi) is 2.53. The molecule has 0 unspecified atom stereocenters. The lowest BCUT2D eigenvalue weighted by Crippen LogP contribution is -2.22. The molecule has 0 saturated heterocycles. The largest absolute Gasteiger partial charge is 0.0822 e. The van der Waals surface area contributed by atoms with Crippen LogP contribution in [0.3, 0.4) is 0 Å². The van der Waals surface area contributed by atoms with E-state index in [1.54, 1.807) is 0 Å². The summed E-state index contributed by atoms with van der Waals surface area (Å²) in [5.74, 6) is 0.865. The first-order chi connectivity index (χ1) is 5.67. The third-order valence-corrected chi connectivity index (χ3v) is 6.33. The van der Waals surface area contributed by atoms with E-state index in [-0.39, 0.29) is 0 Å². The second-order valence-corrected chi connectivity index (χ2v) is 11.8. The topological polar surface area (TPSA) is 0 Å². The van der Waals surface area contributed by atoms with E-state index < -0.39 is 8.07 Å². The Bertz CT molecular complexity index is 226. The van der Waals surface area contributed by atoms with Gasteiger partial charge in [0.1, 0.15) is 0 Å². The normalized spacial score (nSPS) is 31.3. The van der Waals surface area contributed by atoms with Crippen molar-refractivity contribution in [2.45, 2.75) is 52.9 Å². The fraction of sp³-hybridized carbons (Fsp3) is 0.833. The molecular formula is C12H24Si. The van der Waals surface area contributed by atoms with E-state index in [1.165, 1.54) is 5.57 Å². The minimum atomic E-state index is -0.933. The van der Waals surface area contributed by atoms with Crippen LogP contribution in [-0.4, -0.2) is 8.07 Å². The lowest BCUT2D eigenvalue weighted by atomic mass is 10.1. The highest BCUT2D eigenvalue weighted by molar-refractivity contribution is 6.78. The average molecular weight is 196 g/mol. The van der Waals surface area contributed by atoms with Crippen LogP contribution in [0.2, 0.25) is 25.2 Å². The second kappa shape index (κ2) is 2.98. The maximum absolute atomic E-state index is 2.50. The summed E-state index contributed by atoms with van der Waals surface area (Å²) in [7, 11) is -0.933. The second-order valence-electron chi connectivity index (χ2n) is 6.43. The van der Waals surface area contributed by atoms with Gasteiger partial charge in [0.25, 0.3) is 0 Å². The summed E-state index contributed by atoms with van der Waals surface area (Å²) in [5.41, 5.74) is 3.07. The summed E-state index contributed by atoms with van der Waals surface area (Å²) in [4.78, 5) is 0. The van der Waals surface area contributed by atoms with Crippen LogP contribution in [-0.2, 0) is 0 Å². The molecule has 1 fully saturated rings. The van der Waals surface area contributed by atoms with E-state index in [2.05, 4.69) is 53.4 Å². The molecule has 0 amide bonds. The molecule has 0 nitrogen and oxygen atoms in total. The predicted octanol–water partition coefficient (Wildman–Crippen LogP) is 4.32. The highest BCUT2D eigenvalue weighted by Crippen LogP contribution is 2.68. The monoisotopic (exact) mass is 196 g/mol. The molecule has 2 atom stereocenters. The van der Waals surface area contributed by atoms with Crippen molar-refractivity contribution >= 4 is 8.07 Å². The molecule has 1 aliphatic rings. The molecule has 0 spiro atoms. The molecule has 0 N–H and O–H groups in total. The highest BCUT2D eigenvalue weighted by atomic mass is 28.3. The molecule has 0 radical (unpaired) electrons. The van der Waals surface area contributed by atoms with Crippen LogP contribution in [0.4, 0.5) is 0 Å². The first-order valence-electron chi connectivity index (χ1n) is 5.32. The first-order valence-corrected chi connectivity index (χ1v) is 8.90. The number of hydrogen-bond donors (Lipinski definition) is 0. The summed E-state index contributed by atoms with van der Waals surface area (Å²) in [6, 6.07) is 0. The molecule has 0 aromatic heterocycles. The molecule has 1 heteroatoms. The van der Waals surface area contributed by atoms with Gasteiger partial charge in [-0.05, 0) is 30.7 Å². The molecule has 0 aromatic carbocycles. The molecule has 0 aliphatic heterocycles. The van der Waals surface area contributed by atoms with Gasteiger partial charge in [-0.2, -0.15) is 0 Å². The molecule has 1 saturated carbocycles. The van der Waals surface area contributed by atoms with E-state index in [0.29, 0.717) is 5.41 Å². The van der Waals surface area contributed by atoms with Crippen LogP contribution in [0, 0.1) is 11.3 Å². The lowest BCUT2D eigenvalue weighted by molar-refractivity contribution is 0.606. The number of rotatable bonds is 2. The van der Waals surface area contributed by atoms with Gasteiger partial charge in [0.2, 0.25) is 0 Å². The van der Waals surface area contributed by atoms with E-state index in [9.17, 15) is 0 Å². The Labute approximate surface area is 84.4 Å². The van der Waals surface area contributed by atoms with E-state index in [0.717, 1.165) is 11.5 Å². The zero-order chi connectivity index (χ0) is 10.4. The van der Waals surface area contributed by atoms with Crippen LogP contribution in [0.15, 0.2) is 11.6 Å². The molecular weight excluding hydrogens is 172 g/mol. The summed E-state index contributed by atoms with van der Waals surface area (Å²) in [6.07, 6.45) is 2.49.